The minimum absolute atomic E-state index is 0.00227. The van der Waals surface area contributed by atoms with Crippen molar-refractivity contribution >= 4 is 11.6 Å². The lowest BCUT2D eigenvalue weighted by Gasteiger charge is -2.20. The van der Waals surface area contributed by atoms with Crippen LogP contribution in [0.1, 0.15) is 36.0 Å². The van der Waals surface area contributed by atoms with Crippen molar-refractivity contribution in [3.05, 3.63) is 28.7 Å². The smallest absolute Gasteiger partial charge is 0.222 e. The quantitative estimate of drug-likeness (QED) is 0.876. The molecule has 0 bridgehead atoms. The van der Waals surface area contributed by atoms with Crippen molar-refractivity contribution in [2.24, 2.45) is 0 Å². The maximum absolute atomic E-state index is 12.2. The monoisotopic (exact) mass is 304 g/mol. The molecular weight excluding hydrogens is 280 g/mol. The largest absolute Gasteiger partial charge is 0.395 e. The minimum atomic E-state index is -0.00227. The second-order valence-electron chi connectivity index (χ2n) is 5.51. The molecule has 0 spiro atoms. The number of fused-ring (bicyclic) bond motifs is 1. The van der Waals surface area contributed by atoms with Crippen LogP contribution in [0.5, 0.6) is 0 Å². The topological polar surface area (TPSA) is 70.7 Å². The van der Waals surface area contributed by atoms with Crippen LogP contribution < -0.4 is 0 Å². The Morgan fingerprint density at radius 1 is 1.36 bits per heavy atom. The lowest BCUT2D eigenvalue weighted by molar-refractivity contribution is -0.131. The fourth-order valence-electron chi connectivity index (χ4n) is 2.77. The predicted molar refractivity (Wildman–Crippen MR) is 84.9 cm³/mol. The molecule has 0 saturated heterocycles. The van der Waals surface area contributed by atoms with Gasteiger partial charge in [0, 0.05) is 37.0 Å². The van der Waals surface area contributed by atoms with E-state index in [2.05, 4.69) is 10.1 Å². The molecule has 0 atom stereocenters. The van der Waals surface area contributed by atoms with Gasteiger partial charge in [-0.25, -0.2) is 9.50 Å². The first-order chi connectivity index (χ1) is 10.5. The van der Waals surface area contributed by atoms with E-state index in [1.54, 1.807) is 4.90 Å². The zero-order chi connectivity index (χ0) is 16.3. The van der Waals surface area contributed by atoms with Crippen LogP contribution >= 0.6 is 0 Å². The average molecular weight is 304 g/mol. The summed E-state index contributed by atoms with van der Waals surface area (Å²) in [5.74, 6) is 0.0621. The van der Waals surface area contributed by atoms with E-state index >= 15 is 0 Å². The second kappa shape index (κ2) is 6.87. The number of aromatic nitrogens is 3. The van der Waals surface area contributed by atoms with Gasteiger partial charge in [-0.1, -0.05) is 0 Å². The lowest BCUT2D eigenvalue weighted by atomic mass is 10.1. The number of carbonyl (C=O) groups excluding carboxylic acids is 1. The van der Waals surface area contributed by atoms with Crippen molar-refractivity contribution in [2.45, 2.75) is 40.5 Å². The number of nitrogens with zero attached hydrogens (tertiary/aromatic N) is 4. The second-order valence-corrected chi connectivity index (χ2v) is 5.51. The molecule has 1 amide bonds. The fraction of sp³-hybridized carbons (Fsp3) is 0.562. The van der Waals surface area contributed by atoms with Gasteiger partial charge in [0.15, 0.2) is 5.65 Å². The van der Waals surface area contributed by atoms with E-state index in [1.165, 1.54) is 0 Å². The van der Waals surface area contributed by atoms with Crippen LogP contribution in [0.25, 0.3) is 5.65 Å². The molecule has 0 aliphatic rings. The fourth-order valence-corrected chi connectivity index (χ4v) is 2.77. The number of amides is 1. The molecule has 2 aromatic heterocycles. The van der Waals surface area contributed by atoms with E-state index < -0.39 is 0 Å². The highest BCUT2D eigenvalue weighted by atomic mass is 16.3. The van der Waals surface area contributed by atoms with Crippen molar-refractivity contribution in [3.8, 4) is 0 Å². The molecule has 6 heteroatoms. The maximum atomic E-state index is 12.2. The third kappa shape index (κ3) is 3.27. The third-order valence-electron chi connectivity index (χ3n) is 3.98. The van der Waals surface area contributed by atoms with Crippen LogP contribution in [-0.2, 0) is 11.2 Å². The number of aliphatic hydroxyl groups is 1. The van der Waals surface area contributed by atoms with E-state index in [1.807, 2.05) is 38.3 Å². The number of hydrogen-bond donors (Lipinski definition) is 1. The van der Waals surface area contributed by atoms with Crippen molar-refractivity contribution < 1.29 is 9.90 Å². The van der Waals surface area contributed by atoms with Gasteiger partial charge >= 0.3 is 0 Å². The summed E-state index contributed by atoms with van der Waals surface area (Å²) in [5.41, 5.74) is 4.84. The molecular formula is C16H24N4O2. The van der Waals surface area contributed by atoms with Crippen LogP contribution in [0.15, 0.2) is 6.07 Å². The Balaban J connectivity index is 2.19. The van der Waals surface area contributed by atoms with Crippen LogP contribution in [0.4, 0.5) is 0 Å². The normalized spacial score (nSPS) is 11.1. The van der Waals surface area contributed by atoms with E-state index in [0.717, 1.165) is 28.3 Å². The first-order valence-corrected chi connectivity index (χ1v) is 7.69. The van der Waals surface area contributed by atoms with Gasteiger partial charge in [-0.15, -0.1) is 0 Å². The van der Waals surface area contributed by atoms with Crippen LogP contribution in [0.3, 0.4) is 0 Å². The Labute approximate surface area is 130 Å². The Hall–Kier alpha value is -1.95. The number of aryl methyl sites for hydroxylation is 3. The molecule has 0 aliphatic heterocycles. The maximum Gasteiger partial charge on any atom is 0.222 e. The van der Waals surface area contributed by atoms with E-state index in [9.17, 15) is 4.79 Å². The summed E-state index contributed by atoms with van der Waals surface area (Å²) in [7, 11) is 0. The molecule has 2 rings (SSSR count). The molecule has 0 aromatic carbocycles. The van der Waals surface area contributed by atoms with E-state index in [0.29, 0.717) is 25.9 Å². The number of rotatable bonds is 6. The molecule has 0 fully saturated rings. The molecule has 1 N–H and O–H groups in total. The van der Waals surface area contributed by atoms with Gasteiger partial charge in [0.25, 0.3) is 0 Å². The Morgan fingerprint density at radius 2 is 2.09 bits per heavy atom. The minimum Gasteiger partial charge on any atom is -0.395 e. The zero-order valence-corrected chi connectivity index (χ0v) is 13.8. The lowest BCUT2D eigenvalue weighted by Crippen LogP contribution is -2.33. The molecule has 2 heterocycles. The number of likely N-dealkylation sites (N-methyl/N-ethyl adjacent to an activating group) is 1. The average Bonchev–Trinajstić information content (AvgIpc) is 2.84. The summed E-state index contributed by atoms with van der Waals surface area (Å²) in [6, 6.07) is 1.95. The van der Waals surface area contributed by atoms with E-state index in [-0.39, 0.29) is 12.5 Å². The first-order valence-electron chi connectivity index (χ1n) is 7.69. The Morgan fingerprint density at radius 3 is 2.73 bits per heavy atom. The number of carbonyl (C=O) groups is 1. The SMILES string of the molecule is CCN(CCO)C(=O)CCc1c(C)nc2cc(C)nn2c1C. The summed E-state index contributed by atoms with van der Waals surface area (Å²) < 4.78 is 1.84. The summed E-state index contributed by atoms with van der Waals surface area (Å²) in [6.07, 6.45) is 1.06. The zero-order valence-electron chi connectivity index (χ0n) is 13.8. The molecule has 2 aromatic rings. The summed E-state index contributed by atoms with van der Waals surface area (Å²) >= 11 is 0. The van der Waals surface area contributed by atoms with Crippen LogP contribution in [-0.4, -0.2) is 50.2 Å². The van der Waals surface area contributed by atoms with Crippen molar-refractivity contribution in [3.63, 3.8) is 0 Å². The van der Waals surface area contributed by atoms with Crippen molar-refractivity contribution in [1.82, 2.24) is 19.5 Å². The highest BCUT2D eigenvalue weighted by Crippen LogP contribution is 2.17. The third-order valence-corrected chi connectivity index (χ3v) is 3.98. The summed E-state index contributed by atoms with van der Waals surface area (Å²) in [6.45, 7) is 8.86. The highest BCUT2D eigenvalue weighted by Gasteiger charge is 2.15. The van der Waals surface area contributed by atoms with Gasteiger partial charge < -0.3 is 10.0 Å². The van der Waals surface area contributed by atoms with Gasteiger partial charge in [0.2, 0.25) is 5.91 Å². The molecule has 0 radical (unpaired) electrons. The van der Waals surface area contributed by atoms with Gasteiger partial charge in [-0.3, -0.25) is 4.79 Å². The standard InChI is InChI=1S/C16H24N4O2/c1-5-19(8-9-21)16(22)7-6-14-12(3)17-15-10-11(2)18-20(15)13(14)4/h10,21H,5-9H2,1-4H3. The van der Waals surface area contributed by atoms with Gasteiger partial charge in [0.05, 0.1) is 12.3 Å². The van der Waals surface area contributed by atoms with Gasteiger partial charge in [-0.2, -0.15) is 5.10 Å². The molecule has 22 heavy (non-hydrogen) atoms. The van der Waals surface area contributed by atoms with Crippen molar-refractivity contribution in [2.75, 3.05) is 19.7 Å². The highest BCUT2D eigenvalue weighted by molar-refractivity contribution is 5.76. The van der Waals surface area contributed by atoms with Gasteiger partial charge in [-0.05, 0) is 39.7 Å². The predicted octanol–water partition coefficient (Wildman–Crippen LogP) is 1.43. The Bertz CT molecular complexity index is 678. The molecule has 120 valence electrons. The first kappa shape index (κ1) is 16.4. The summed E-state index contributed by atoms with van der Waals surface area (Å²) in [4.78, 5) is 18.4. The molecule has 6 nitrogen and oxygen atoms in total. The van der Waals surface area contributed by atoms with Crippen LogP contribution in [0.2, 0.25) is 0 Å². The Kier molecular flexibility index (Phi) is 5.13. The van der Waals surface area contributed by atoms with E-state index in [4.69, 9.17) is 5.11 Å². The number of aliphatic hydroxyl groups excluding tert-OH is 1. The molecule has 0 saturated carbocycles. The summed E-state index contributed by atoms with van der Waals surface area (Å²) in [5, 5.41) is 13.4. The van der Waals surface area contributed by atoms with Crippen LogP contribution in [0, 0.1) is 20.8 Å². The number of hydrogen-bond acceptors (Lipinski definition) is 4. The van der Waals surface area contributed by atoms with Gasteiger partial charge in [0.1, 0.15) is 0 Å². The van der Waals surface area contributed by atoms with Crippen molar-refractivity contribution in [1.29, 1.82) is 0 Å². The molecule has 0 aliphatic carbocycles. The molecule has 0 unspecified atom stereocenters.